The first-order valence-corrected chi connectivity index (χ1v) is 27.7. The van der Waals surface area contributed by atoms with E-state index in [1.807, 2.05) is 0 Å². The van der Waals surface area contributed by atoms with E-state index < -0.39 is 0 Å². The van der Waals surface area contributed by atoms with Gasteiger partial charge < -0.3 is 24.9 Å². The van der Waals surface area contributed by atoms with Gasteiger partial charge >= 0.3 is 0 Å². The molecule has 15 rings (SSSR count). The van der Waals surface area contributed by atoms with Crippen LogP contribution in [0.3, 0.4) is 0 Å². The number of hydrogen-bond donors (Lipinski definition) is 1. The van der Waals surface area contributed by atoms with E-state index in [1.165, 1.54) is 72.3 Å². The Labute approximate surface area is 469 Å². The van der Waals surface area contributed by atoms with Gasteiger partial charge in [0.25, 0.3) is 6.71 Å². The number of para-hydroxylation sites is 6. The zero-order chi connectivity index (χ0) is 52.9. The molecule has 0 fully saturated rings. The quantitative estimate of drug-likeness (QED) is 0.123. The predicted octanol–water partition coefficient (Wildman–Crippen LogP) is 15.4. The third-order valence-electron chi connectivity index (χ3n) is 16.2. The van der Waals surface area contributed by atoms with Crippen LogP contribution in [0.5, 0.6) is 0 Å². The summed E-state index contributed by atoms with van der Waals surface area (Å²) in [5.74, 6) is 0. The third-order valence-corrected chi connectivity index (χ3v) is 16.2. The van der Waals surface area contributed by atoms with Crippen LogP contribution in [-0.4, -0.2) is 14.0 Å². The second kappa shape index (κ2) is 20.0. The standard InChI is InChI=1S/C73H53B2N5/c1-8-24-51(25-9-1)50-77-68-46-53(52-26-10-2-11-27-52)40-44-64(68)75-65-45-42-60(79(57-34-18-6-19-35-57)58-36-20-7-21-37-58)48-69(65)80-67-47-59(78(55-30-14-4-15-31-55)56-32-16-5-17-33-56)41-43-63(67)74-71-62(49-70(77)72(75)73(71)80)61-38-22-23-39-66(61)76-54-28-12-3-13-29-54/h1-49,74,76H,50H2. The summed E-state index contributed by atoms with van der Waals surface area (Å²) in [5, 5.41) is 3.88. The second-order valence-corrected chi connectivity index (χ2v) is 20.9. The molecule has 12 aromatic rings. The molecule has 0 saturated carbocycles. The van der Waals surface area contributed by atoms with Crippen LogP contribution >= 0.6 is 0 Å². The largest absolute Gasteiger partial charge is 0.355 e. The van der Waals surface area contributed by atoms with Crippen molar-refractivity contribution in [2.45, 2.75) is 6.54 Å². The van der Waals surface area contributed by atoms with E-state index in [1.54, 1.807) is 0 Å². The topological polar surface area (TPSA) is 25.0 Å². The number of rotatable bonds is 12. The molecule has 1 N–H and O–H groups in total. The van der Waals surface area contributed by atoms with Crippen molar-refractivity contribution in [3.63, 3.8) is 0 Å². The lowest BCUT2D eigenvalue weighted by Crippen LogP contribution is -2.64. The van der Waals surface area contributed by atoms with Gasteiger partial charge in [0.1, 0.15) is 0 Å². The summed E-state index contributed by atoms with van der Waals surface area (Å²) >= 11 is 0. The molecule has 0 aromatic heterocycles. The molecule has 0 atom stereocenters. The van der Waals surface area contributed by atoms with E-state index in [9.17, 15) is 0 Å². The smallest absolute Gasteiger partial charge is 0.252 e. The van der Waals surface area contributed by atoms with Gasteiger partial charge in [-0.05, 0) is 147 Å². The van der Waals surface area contributed by atoms with Gasteiger partial charge in [0, 0.05) is 86.0 Å². The van der Waals surface area contributed by atoms with Gasteiger partial charge in [-0.1, -0.05) is 200 Å². The molecule has 7 heteroatoms. The maximum Gasteiger partial charge on any atom is 0.252 e. The van der Waals surface area contributed by atoms with Gasteiger partial charge in [0.05, 0.1) is 0 Å². The number of nitrogens with zero attached hydrogens (tertiary/aromatic N) is 4. The average molecular weight is 1020 g/mol. The maximum absolute atomic E-state index is 3.88. The van der Waals surface area contributed by atoms with Gasteiger partial charge in [-0.2, -0.15) is 0 Å². The molecule has 0 radical (unpaired) electrons. The number of fused-ring (bicyclic) bond motifs is 7. The minimum Gasteiger partial charge on any atom is -0.355 e. The van der Waals surface area contributed by atoms with Crippen LogP contribution in [0.25, 0.3) is 22.3 Å². The van der Waals surface area contributed by atoms with Crippen molar-refractivity contribution in [3.05, 3.63) is 303 Å². The Morgan fingerprint density at radius 2 is 0.875 bits per heavy atom. The summed E-state index contributed by atoms with van der Waals surface area (Å²) in [7, 11) is 0.737. The summed E-state index contributed by atoms with van der Waals surface area (Å²) in [6, 6.07) is 109. The molecule has 12 aromatic carbocycles. The molecule has 0 unspecified atom stereocenters. The Hall–Kier alpha value is -10.2. The fraction of sp³-hybridized carbons (Fsp3) is 0.0137. The van der Waals surface area contributed by atoms with E-state index in [2.05, 4.69) is 322 Å². The van der Waals surface area contributed by atoms with Crippen molar-refractivity contribution in [1.82, 2.24) is 0 Å². The summed E-state index contributed by atoms with van der Waals surface area (Å²) in [5.41, 5.74) is 27.1. The summed E-state index contributed by atoms with van der Waals surface area (Å²) in [4.78, 5) is 10.1. The molecule has 376 valence electrons. The SMILES string of the molecule is B1c2ccc(N(c3ccccc3)c3ccccc3)cc2N2c3cc(N(c4ccccc4)c4ccccc4)ccc3B3c4ccc(-c5ccccc5)cc4N(Cc4ccccc4)c4cc(-c5ccccc5Nc5ccccc5)c1c2c43. The van der Waals surface area contributed by atoms with E-state index in [-0.39, 0.29) is 6.71 Å². The summed E-state index contributed by atoms with van der Waals surface area (Å²) in [6.07, 6.45) is 0. The molecule has 0 saturated heterocycles. The lowest BCUT2D eigenvalue weighted by Gasteiger charge is -2.48. The Morgan fingerprint density at radius 1 is 0.375 bits per heavy atom. The highest BCUT2D eigenvalue weighted by molar-refractivity contribution is 7.01. The molecule has 80 heavy (non-hydrogen) atoms. The summed E-state index contributed by atoms with van der Waals surface area (Å²) < 4.78 is 0. The van der Waals surface area contributed by atoms with Crippen LogP contribution in [0.15, 0.2) is 297 Å². The molecule has 3 heterocycles. The first kappa shape index (κ1) is 47.0. The number of benzene rings is 12. The molecule has 0 aliphatic carbocycles. The average Bonchev–Trinajstić information content (AvgIpc) is 3.67. The van der Waals surface area contributed by atoms with Gasteiger partial charge in [-0.3, -0.25) is 0 Å². The highest BCUT2D eigenvalue weighted by atomic mass is 15.2. The Kier molecular flexibility index (Phi) is 11.7. The van der Waals surface area contributed by atoms with Crippen molar-refractivity contribution in [2.75, 3.05) is 24.9 Å². The number of anilines is 13. The van der Waals surface area contributed by atoms with Gasteiger partial charge in [-0.25, -0.2) is 0 Å². The van der Waals surface area contributed by atoms with Crippen LogP contribution in [-0.2, 0) is 6.54 Å². The molecule has 3 aliphatic heterocycles. The molecular formula is C73H53B2N5. The van der Waals surface area contributed by atoms with Crippen molar-refractivity contribution >= 4 is 115 Å². The Balaban J connectivity index is 1.05. The fourth-order valence-electron chi connectivity index (χ4n) is 12.7. The van der Waals surface area contributed by atoms with Gasteiger partial charge in [0.2, 0.25) is 0 Å². The van der Waals surface area contributed by atoms with E-state index in [4.69, 9.17) is 0 Å². The van der Waals surface area contributed by atoms with Crippen LogP contribution < -0.4 is 52.2 Å². The molecule has 0 amide bonds. The van der Waals surface area contributed by atoms with Crippen molar-refractivity contribution < 1.29 is 0 Å². The van der Waals surface area contributed by atoms with Gasteiger partial charge in [0.15, 0.2) is 7.28 Å². The van der Waals surface area contributed by atoms with Crippen LogP contribution in [0.4, 0.5) is 73.9 Å². The van der Waals surface area contributed by atoms with E-state index in [0.29, 0.717) is 6.54 Å². The minimum absolute atomic E-state index is 0.0885. The normalized spacial score (nSPS) is 12.3. The first-order chi connectivity index (χ1) is 39.7. The van der Waals surface area contributed by atoms with Crippen LogP contribution in [0, 0.1) is 0 Å². The zero-order valence-corrected chi connectivity index (χ0v) is 44.1. The zero-order valence-electron chi connectivity index (χ0n) is 44.1. The van der Waals surface area contributed by atoms with Crippen molar-refractivity contribution in [3.8, 4) is 22.3 Å². The lowest BCUT2D eigenvalue weighted by atomic mass is 9.32. The third kappa shape index (κ3) is 8.22. The van der Waals surface area contributed by atoms with Crippen molar-refractivity contribution in [1.29, 1.82) is 0 Å². The Morgan fingerprint density at radius 3 is 1.49 bits per heavy atom. The van der Waals surface area contributed by atoms with Crippen LogP contribution in [0.2, 0.25) is 0 Å². The first-order valence-electron chi connectivity index (χ1n) is 27.7. The number of nitrogens with one attached hydrogen (secondary N) is 1. The molecular weight excluding hydrogens is 968 g/mol. The molecule has 5 nitrogen and oxygen atoms in total. The van der Waals surface area contributed by atoms with Crippen molar-refractivity contribution in [2.24, 2.45) is 0 Å². The molecule has 3 aliphatic rings. The van der Waals surface area contributed by atoms with E-state index in [0.717, 1.165) is 64.0 Å². The van der Waals surface area contributed by atoms with Gasteiger partial charge in [-0.15, -0.1) is 0 Å². The lowest BCUT2D eigenvalue weighted by molar-refractivity contribution is 0.979. The predicted molar refractivity (Wildman–Crippen MR) is 341 cm³/mol. The number of hydrogen-bond acceptors (Lipinski definition) is 5. The Bertz CT molecular complexity index is 4150. The maximum atomic E-state index is 3.88. The van der Waals surface area contributed by atoms with Crippen LogP contribution in [0.1, 0.15) is 5.56 Å². The monoisotopic (exact) mass is 1020 g/mol. The minimum atomic E-state index is -0.0885. The van der Waals surface area contributed by atoms with E-state index >= 15 is 0 Å². The summed E-state index contributed by atoms with van der Waals surface area (Å²) in [6.45, 7) is 0.599. The molecule has 0 bridgehead atoms. The second-order valence-electron chi connectivity index (χ2n) is 20.9. The highest BCUT2D eigenvalue weighted by Gasteiger charge is 2.47. The fourth-order valence-corrected chi connectivity index (χ4v) is 12.7. The highest BCUT2D eigenvalue weighted by Crippen LogP contribution is 2.49. The molecule has 0 spiro atoms.